The standard InChI is InChI=1S/C32H29N3O/c1-23-22-26(16-21-31(23)33)32(36,24-12-17-29(18-13-24)34-27-8-4-2-5-9-27)25-14-19-30(20-15-25)35-28-10-6-3-7-11-28/h2-22,34-36H,33H2,1H3. The van der Waals surface area contributed by atoms with Crippen LogP contribution in [0.15, 0.2) is 127 Å². The molecule has 36 heavy (non-hydrogen) atoms. The van der Waals surface area contributed by atoms with Gasteiger partial charge in [0, 0.05) is 28.4 Å². The van der Waals surface area contributed by atoms with Crippen molar-refractivity contribution >= 4 is 28.4 Å². The Morgan fingerprint density at radius 1 is 0.528 bits per heavy atom. The molecule has 0 radical (unpaired) electrons. The van der Waals surface area contributed by atoms with Crippen molar-refractivity contribution < 1.29 is 5.11 Å². The van der Waals surface area contributed by atoms with E-state index in [0.717, 1.165) is 45.0 Å². The zero-order chi connectivity index (χ0) is 25.0. The van der Waals surface area contributed by atoms with Gasteiger partial charge in [0.25, 0.3) is 0 Å². The van der Waals surface area contributed by atoms with Crippen LogP contribution in [-0.4, -0.2) is 5.11 Å². The highest BCUT2D eigenvalue weighted by Crippen LogP contribution is 2.39. The number of anilines is 5. The minimum Gasteiger partial charge on any atom is -0.399 e. The summed E-state index contributed by atoms with van der Waals surface area (Å²) in [6.07, 6.45) is 0. The lowest BCUT2D eigenvalue weighted by atomic mass is 9.79. The average molecular weight is 472 g/mol. The fraction of sp³-hybridized carbons (Fsp3) is 0.0625. The molecule has 0 aromatic heterocycles. The lowest BCUT2D eigenvalue weighted by Gasteiger charge is -2.31. The van der Waals surface area contributed by atoms with Gasteiger partial charge in [-0.1, -0.05) is 72.8 Å². The molecule has 0 saturated heterocycles. The zero-order valence-electron chi connectivity index (χ0n) is 20.1. The second-order valence-electron chi connectivity index (χ2n) is 8.92. The maximum absolute atomic E-state index is 12.3. The van der Waals surface area contributed by atoms with Crippen LogP contribution in [0.1, 0.15) is 22.3 Å². The fourth-order valence-electron chi connectivity index (χ4n) is 4.37. The molecule has 0 amide bonds. The highest BCUT2D eigenvalue weighted by atomic mass is 16.3. The second-order valence-corrected chi connectivity index (χ2v) is 8.92. The Hall–Kier alpha value is -4.54. The van der Waals surface area contributed by atoms with E-state index in [1.54, 1.807) is 0 Å². The molecule has 0 bridgehead atoms. The molecule has 0 saturated carbocycles. The Bertz CT molecular complexity index is 1350. The normalized spacial score (nSPS) is 11.2. The molecule has 0 heterocycles. The number of hydrogen-bond donors (Lipinski definition) is 4. The molecule has 178 valence electrons. The van der Waals surface area contributed by atoms with Gasteiger partial charge in [0.1, 0.15) is 5.60 Å². The summed E-state index contributed by atoms with van der Waals surface area (Å²) in [4.78, 5) is 0. The zero-order valence-corrected chi connectivity index (χ0v) is 20.1. The first-order valence-corrected chi connectivity index (χ1v) is 12.0. The smallest absolute Gasteiger partial charge is 0.140 e. The van der Waals surface area contributed by atoms with Gasteiger partial charge in [0.15, 0.2) is 0 Å². The Morgan fingerprint density at radius 2 is 0.917 bits per heavy atom. The first-order chi connectivity index (χ1) is 17.5. The van der Waals surface area contributed by atoms with Gasteiger partial charge in [0.2, 0.25) is 0 Å². The Kier molecular flexibility index (Phi) is 6.44. The van der Waals surface area contributed by atoms with E-state index in [2.05, 4.69) is 10.6 Å². The van der Waals surface area contributed by atoms with Crippen molar-refractivity contribution in [1.29, 1.82) is 0 Å². The minimum absolute atomic E-state index is 0.700. The maximum atomic E-state index is 12.3. The Labute approximate surface area is 212 Å². The van der Waals surface area contributed by atoms with Crippen molar-refractivity contribution in [1.82, 2.24) is 0 Å². The van der Waals surface area contributed by atoms with Gasteiger partial charge in [-0.2, -0.15) is 0 Å². The lowest BCUT2D eigenvalue weighted by Crippen LogP contribution is -2.29. The monoisotopic (exact) mass is 471 g/mol. The van der Waals surface area contributed by atoms with E-state index in [0.29, 0.717) is 5.69 Å². The number of aryl methyl sites for hydroxylation is 1. The number of benzene rings is 5. The van der Waals surface area contributed by atoms with Gasteiger partial charge in [-0.05, 0) is 83.8 Å². The molecule has 5 aromatic carbocycles. The number of nitrogen functional groups attached to an aromatic ring is 1. The maximum Gasteiger partial charge on any atom is 0.140 e. The third-order valence-electron chi connectivity index (χ3n) is 6.42. The first kappa shape index (κ1) is 23.2. The van der Waals surface area contributed by atoms with Gasteiger partial charge in [-0.15, -0.1) is 0 Å². The molecule has 0 spiro atoms. The van der Waals surface area contributed by atoms with Crippen molar-refractivity contribution in [2.75, 3.05) is 16.4 Å². The summed E-state index contributed by atoms with van der Waals surface area (Å²) in [6.45, 7) is 1.96. The molecule has 4 nitrogen and oxygen atoms in total. The fourth-order valence-corrected chi connectivity index (χ4v) is 4.37. The largest absolute Gasteiger partial charge is 0.399 e. The van der Waals surface area contributed by atoms with E-state index in [1.807, 2.05) is 134 Å². The number of para-hydroxylation sites is 2. The van der Waals surface area contributed by atoms with Crippen molar-refractivity contribution in [2.45, 2.75) is 12.5 Å². The number of rotatable bonds is 7. The van der Waals surface area contributed by atoms with Crippen LogP contribution in [-0.2, 0) is 5.60 Å². The summed E-state index contributed by atoms with van der Waals surface area (Å²) in [5, 5.41) is 19.1. The van der Waals surface area contributed by atoms with Gasteiger partial charge in [0.05, 0.1) is 0 Å². The van der Waals surface area contributed by atoms with E-state index in [9.17, 15) is 5.11 Å². The number of nitrogens with one attached hydrogen (secondary N) is 2. The topological polar surface area (TPSA) is 70.3 Å². The summed E-state index contributed by atoms with van der Waals surface area (Å²) in [6, 6.07) is 41.6. The average Bonchev–Trinajstić information content (AvgIpc) is 2.92. The van der Waals surface area contributed by atoms with Gasteiger partial charge < -0.3 is 21.5 Å². The van der Waals surface area contributed by atoms with Crippen LogP contribution >= 0.6 is 0 Å². The summed E-state index contributed by atoms with van der Waals surface area (Å²) in [5.41, 5.74) is 12.6. The molecule has 5 N–H and O–H groups in total. The van der Waals surface area contributed by atoms with Crippen molar-refractivity contribution in [3.05, 3.63) is 150 Å². The van der Waals surface area contributed by atoms with Gasteiger partial charge in [-0.3, -0.25) is 0 Å². The third kappa shape index (κ3) is 4.81. The predicted octanol–water partition coefficient (Wildman–Crippen LogP) is 7.35. The van der Waals surface area contributed by atoms with Crippen LogP contribution in [0.2, 0.25) is 0 Å². The molecule has 0 fully saturated rings. The van der Waals surface area contributed by atoms with Crippen LogP contribution in [0.5, 0.6) is 0 Å². The summed E-state index contributed by atoms with van der Waals surface area (Å²) in [7, 11) is 0. The van der Waals surface area contributed by atoms with E-state index >= 15 is 0 Å². The Morgan fingerprint density at radius 3 is 1.33 bits per heavy atom. The van der Waals surface area contributed by atoms with Crippen molar-refractivity contribution in [3.63, 3.8) is 0 Å². The molecule has 5 aromatic rings. The van der Waals surface area contributed by atoms with Crippen LogP contribution in [0.25, 0.3) is 0 Å². The van der Waals surface area contributed by atoms with E-state index in [-0.39, 0.29) is 0 Å². The van der Waals surface area contributed by atoms with Crippen LogP contribution in [0, 0.1) is 6.92 Å². The molecule has 4 heteroatoms. The first-order valence-electron chi connectivity index (χ1n) is 12.0. The lowest BCUT2D eigenvalue weighted by molar-refractivity contribution is 0.125. The summed E-state index contributed by atoms with van der Waals surface area (Å²) in [5.74, 6) is 0. The molecular weight excluding hydrogens is 442 g/mol. The number of hydrogen-bond acceptors (Lipinski definition) is 4. The van der Waals surface area contributed by atoms with Crippen LogP contribution in [0.4, 0.5) is 28.4 Å². The van der Waals surface area contributed by atoms with E-state index in [1.165, 1.54) is 0 Å². The molecule has 0 aliphatic rings. The highest BCUT2D eigenvalue weighted by molar-refractivity contribution is 5.63. The third-order valence-corrected chi connectivity index (χ3v) is 6.42. The van der Waals surface area contributed by atoms with Gasteiger partial charge in [-0.25, -0.2) is 0 Å². The predicted molar refractivity (Wildman–Crippen MR) is 150 cm³/mol. The molecular formula is C32H29N3O. The van der Waals surface area contributed by atoms with E-state index < -0.39 is 5.60 Å². The number of aliphatic hydroxyl groups is 1. The minimum atomic E-state index is -1.35. The number of nitrogens with two attached hydrogens (primary N) is 1. The Balaban J connectivity index is 1.51. The quantitative estimate of drug-likeness (QED) is 0.148. The molecule has 0 atom stereocenters. The molecule has 0 aliphatic heterocycles. The SMILES string of the molecule is Cc1cc(C(O)(c2ccc(Nc3ccccc3)cc2)c2ccc(Nc3ccccc3)cc2)ccc1N. The molecule has 0 aliphatic carbocycles. The van der Waals surface area contributed by atoms with Crippen LogP contribution < -0.4 is 16.4 Å². The molecule has 5 rings (SSSR count). The highest BCUT2D eigenvalue weighted by Gasteiger charge is 2.34. The molecule has 0 unspecified atom stereocenters. The van der Waals surface area contributed by atoms with Crippen molar-refractivity contribution in [2.24, 2.45) is 0 Å². The van der Waals surface area contributed by atoms with Gasteiger partial charge >= 0.3 is 0 Å². The van der Waals surface area contributed by atoms with Crippen LogP contribution in [0.3, 0.4) is 0 Å². The second kappa shape index (κ2) is 9.98. The van der Waals surface area contributed by atoms with E-state index in [4.69, 9.17) is 5.73 Å². The summed E-state index contributed by atoms with van der Waals surface area (Å²) >= 11 is 0. The summed E-state index contributed by atoms with van der Waals surface area (Å²) < 4.78 is 0. The van der Waals surface area contributed by atoms with Crippen molar-refractivity contribution in [3.8, 4) is 0 Å².